The third-order valence-electron chi connectivity index (χ3n) is 6.82. The molecule has 3 aromatic rings. The van der Waals surface area contributed by atoms with Crippen molar-refractivity contribution >= 4 is 40.6 Å². The van der Waals surface area contributed by atoms with E-state index in [-0.39, 0.29) is 6.42 Å². The lowest BCUT2D eigenvalue weighted by atomic mass is 9.61. The largest absolute Gasteiger partial charge is 0.495 e. The fourth-order valence-corrected chi connectivity index (χ4v) is 5.22. The third kappa shape index (κ3) is 5.51. The fourth-order valence-electron chi connectivity index (χ4n) is 5.09. The average molecular weight is 537 g/mol. The summed E-state index contributed by atoms with van der Waals surface area (Å²) in [5, 5.41) is 17.5. The molecule has 2 amide bonds. The maximum absolute atomic E-state index is 13.8. The van der Waals surface area contributed by atoms with Gasteiger partial charge in [0.05, 0.1) is 37.1 Å². The van der Waals surface area contributed by atoms with E-state index in [1.807, 2.05) is 0 Å². The van der Waals surface area contributed by atoms with Gasteiger partial charge in [0.1, 0.15) is 23.2 Å². The molecule has 0 heterocycles. The van der Waals surface area contributed by atoms with Gasteiger partial charge < -0.3 is 25.2 Å². The molecule has 8 nitrogen and oxygen atoms in total. The molecular formula is C29H29ClN2O6. The minimum Gasteiger partial charge on any atom is -0.495 e. The summed E-state index contributed by atoms with van der Waals surface area (Å²) >= 11 is 6.11. The lowest BCUT2D eigenvalue weighted by Crippen LogP contribution is -2.56. The fraction of sp³-hybridized carbons (Fsp3) is 0.276. The Hall–Kier alpha value is -3.88. The Labute approximate surface area is 225 Å². The highest BCUT2D eigenvalue weighted by molar-refractivity contribution is 6.30. The maximum atomic E-state index is 13.8. The number of anilines is 2. The number of halogens is 1. The first-order chi connectivity index (χ1) is 18.2. The number of hydrogen-bond acceptors (Lipinski definition) is 6. The zero-order valence-electron chi connectivity index (χ0n) is 21.2. The van der Waals surface area contributed by atoms with Crippen molar-refractivity contribution in [2.45, 2.75) is 24.9 Å². The van der Waals surface area contributed by atoms with Crippen molar-refractivity contribution in [1.29, 1.82) is 0 Å². The molecule has 198 valence electrons. The maximum Gasteiger partial charge on any atom is 0.235 e. The van der Waals surface area contributed by atoms with Crippen molar-refractivity contribution in [3.63, 3.8) is 0 Å². The van der Waals surface area contributed by atoms with Crippen LogP contribution in [0.1, 0.15) is 24.8 Å². The molecule has 3 aromatic carbocycles. The van der Waals surface area contributed by atoms with Crippen LogP contribution in [-0.4, -0.2) is 42.5 Å². The van der Waals surface area contributed by atoms with Gasteiger partial charge in [-0.25, -0.2) is 0 Å². The zero-order valence-corrected chi connectivity index (χ0v) is 22.0. The topological polar surface area (TPSA) is 114 Å². The number of hydrogen-bond donors (Lipinski definition) is 3. The van der Waals surface area contributed by atoms with Crippen molar-refractivity contribution in [1.82, 2.24) is 0 Å². The first-order valence-electron chi connectivity index (χ1n) is 12.0. The Morgan fingerprint density at radius 1 is 0.868 bits per heavy atom. The minimum atomic E-state index is -1.74. The number of carbonyl (C=O) groups is 3. The van der Waals surface area contributed by atoms with Gasteiger partial charge in [0.25, 0.3) is 0 Å². The van der Waals surface area contributed by atoms with Crippen LogP contribution >= 0.6 is 11.6 Å². The molecule has 9 heteroatoms. The highest BCUT2D eigenvalue weighted by Gasteiger charge is 2.56. The summed E-state index contributed by atoms with van der Waals surface area (Å²) in [6.07, 6.45) is -0.384. The van der Waals surface area contributed by atoms with Gasteiger partial charge in [-0.15, -0.1) is 0 Å². The molecule has 0 unspecified atom stereocenters. The van der Waals surface area contributed by atoms with E-state index in [2.05, 4.69) is 10.6 Å². The van der Waals surface area contributed by atoms with Gasteiger partial charge >= 0.3 is 0 Å². The van der Waals surface area contributed by atoms with E-state index in [1.165, 1.54) is 21.1 Å². The van der Waals surface area contributed by atoms with Crippen LogP contribution in [0, 0.1) is 11.8 Å². The summed E-state index contributed by atoms with van der Waals surface area (Å²) in [4.78, 5) is 41.0. The smallest absolute Gasteiger partial charge is 0.235 e. The lowest BCUT2D eigenvalue weighted by Gasteiger charge is -2.44. The summed E-state index contributed by atoms with van der Waals surface area (Å²) in [6.45, 7) is 1.44. The lowest BCUT2D eigenvalue weighted by molar-refractivity contribution is -0.150. The van der Waals surface area contributed by atoms with Gasteiger partial charge in [0.2, 0.25) is 11.8 Å². The second-order valence-electron chi connectivity index (χ2n) is 9.41. The average Bonchev–Trinajstić information content (AvgIpc) is 2.88. The van der Waals surface area contributed by atoms with E-state index >= 15 is 0 Å². The van der Waals surface area contributed by atoms with E-state index in [9.17, 15) is 19.5 Å². The molecule has 1 aliphatic carbocycles. The number of rotatable bonds is 7. The van der Waals surface area contributed by atoms with Crippen LogP contribution in [0.25, 0.3) is 0 Å². The van der Waals surface area contributed by atoms with E-state index in [0.29, 0.717) is 33.5 Å². The third-order valence-corrected chi connectivity index (χ3v) is 7.07. The first-order valence-corrected chi connectivity index (χ1v) is 12.4. The number of aliphatic hydroxyl groups is 1. The number of Topliss-reactive ketones (excluding diaryl/α,β-unsaturated/α-hetero) is 1. The van der Waals surface area contributed by atoms with E-state index in [0.717, 1.165) is 0 Å². The van der Waals surface area contributed by atoms with Crippen LogP contribution in [0.5, 0.6) is 11.5 Å². The molecule has 3 N–H and O–H groups in total. The minimum absolute atomic E-state index is 0.384. The monoisotopic (exact) mass is 536 g/mol. The van der Waals surface area contributed by atoms with Crippen molar-refractivity contribution < 1.29 is 29.0 Å². The quantitative estimate of drug-likeness (QED) is 0.378. The van der Waals surface area contributed by atoms with E-state index in [4.69, 9.17) is 21.1 Å². The van der Waals surface area contributed by atoms with Crippen molar-refractivity contribution in [3.8, 4) is 11.5 Å². The molecule has 0 spiro atoms. The van der Waals surface area contributed by atoms with Crippen molar-refractivity contribution in [2.24, 2.45) is 11.8 Å². The number of para-hydroxylation sites is 4. The molecule has 1 aliphatic rings. The highest BCUT2D eigenvalue weighted by Crippen LogP contribution is 2.47. The van der Waals surface area contributed by atoms with Crippen LogP contribution in [0.15, 0.2) is 72.8 Å². The van der Waals surface area contributed by atoms with Crippen LogP contribution in [-0.2, 0) is 14.4 Å². The van der Waals surface area contributed by atoms with E-state index < -0.39 is 41.0 Å². The second-order valence-corrected chi connectivity index (χ2v) is 9.85. The Bertz CT molecular complexity index is 1340. The number of ether oxygens (including phenoxy) is 2. The molecule has 38 heavy (non-hydrogen) atoms. The number of amides is 2. The molecule has 0 saturated heterocycles. The van der Waals surface area contributed by atoms with Crippen LogP contribution in [0.4, 0.5) is 11.4 Å². The van der Waals surface area contributed by atoms with Gasteiger partial charge in [-0.1, -0.05) is 48.0 Å². The van der Waals surface area contributed by atoms with Crippen molar-refractivity contribution in [2.75, 3.05) is 24.9 Å². The number of nitrogens with one attached hydrogen (secondary N) is 2. The van der Waals surface area contributed by atoms with Gasteiger partial charge in [0, 0.05) is 17.4 Å². The van der Waals surface area contributed by atoms with Crippen LogP contribution in [0.2, 0.25) is 5.02 Å². The summed E-state index contributed by atoms with van der Waals surface area (Å²) in [6, 6.07) is 20.2. The van der Waals surface area contributed by atoms with Crippen molar-refractivity contribution in [3.05, 3.63) is 83.4 Å². The summed E-state index contributed by atoms with van der Waals surface area (Å²) < 4.78 is 10.7. The van der Waals surface area contributed by atoms with Gasteiger partial charge in [-0.05, 0) is 48.9 Å². The predicted molar refractivity (Wildman–Crippen MR) is 145 cm³/mol. The number of benzene rings is 3. The zero-order chi connectivity index (χ0) is 27.4. The van der Waals surface area contributed by atoms with E-state index in [1.54, 1.807) is 72.8 Å². The van der Waals surface area contributed by atoms with Gasteiger partial charge in [0.15, 0.2) is 0 Å². The molecule has 0 bridgehead atoms. The summed E-state index contributed by atoms with van der Waals surface area (Å²) in [5.41, 5.74) is -0.440. The normalized spacial score (nSPS) is 22.9. The second kappa shape index (κ2) is 11.2. The molecule has 0 radical (unpaired) electrons. The molecule has 0 aliphatic heterocycles. The Morgan fingerprint density at radius 2 is 1.37 bits per heavy atom. The molecule has 1 saturated carbocycles. The molecule has 4 rings (SSSR count). The van der Waals surface area contributed by atoms with Gasteiger partial charge in [-0.3, -0.25) is 14.4 Å². The number of ketones is 1. The van der Waals surface area contributed by atoms with Crippen LogP contribution < -0.4 is 20.1 Å². The summed E-state index contributed by atoms with van der Waals surface area (Å²) in [5.74, 6) is -4.22. The first kappa shape index (κ1) is 27.2. The number of carbonyl (C=O) groups excluding carboxylic acids is 3. The number of methoxy groups -OCH3 is 2. The molecule has 0 aromatic heterocycles. The SMILES string of the molecule is COc1ccccc1NC(=O)[C@@H]1C(=O)C[C@](C)(O)[C@@H](C(=O)Nc2ccccc2OC)[C@H]1c1ccc(Cl)cc1. The molecule has 1 fully saturated rings. The predicted octanol–water partition coefficient (Wildman–Crippen LogP) is 4.67. The summed E-state index contributed by atoms with van der Waals surface area (Å²) in [7, 11) is 2.96. The standard InChI is InChI=1S/C29H29ClN2O6/c1-29(36)16-21(33)25(27(34)31-19-8-4-6-10-22(19)37-2)24(17-12-14-18(30)15-13-17)26(29)28(35)32-20-9-5-7-11-23(20)38-3/h4-15,24-26,36H,16H2,1-3H3,(H,31,34)(H,32,35)/t24-,25+,26+,29-/m0/s1. The van der Waals surface area contributed by atoms with Gasteiger partial charge in [-0.2, -0.15) is 0 Å². The highest BCUT2D eigenvalue weighted by atomic mass is 35.5. The molecule has 4 atom stereocenters. The Balaban J connectivity index is 1.78. The Kier molecular flexibility index (Phi) is 8.04. The molecular weight excluding hydrogens is 508 g/mol. The Morgan fingerprint density at radius 3 is 1.89 bits per heavy atom. The van der Waals surface area contributed by atoms with Crippen LogP contribution in [0.3, 0.4) is 0 Å².